The van der Waals surface area contributed by atoms with Crippen LogP contribution in [0.5, 0.6) is 0 Å². The highest BCUT2D eigenvalue weighted by Crippen LogP contribution is 2.36. The standard InChI is InChI=1S/C13H8Cl2N2O6S/c1-23-11(18)5-16-12(19)10(24-13(16)20)3-6-2-9(17(21)22)8(15)4-7(6)14/h2-4H,5H2,1H3/b10-3-. The van der Waals surface area contributed by atoms with Gasteiger partial charge in [-0.1, -0.05) is 23.2 Å². The zero-order valence-corrected chi connectivity index (χ0v) is 14.3. The maximum Gasteiger partial charge on any atom is 0.325 e. The molecule has 0 unspecified atom stereocenters. The number of nitrogens with zero attached hydrogens (tertiary/aromatic N) is 2. The third-order valence-corrected chi connectivity index (χ3v) is 4.48. The molecular weight excluding hydrogens is 383 g/mol. The average molecular weight is 391 g/mol. The van der Waals surface area contributed by atoms with Crippen molar-refractivity contribution in [2.75, 3.05) is 13.7 Å². The molecule has 0 aliphatic carbocycles. The van der Waals surface area contributed by atoms with Crippen LogP contribution < -0.4 is 0 Å². The largest absolute Gasteiger partial charge is 0.468 e. The Labute approximate surface area is 149 Å². The lowest BCUT2D eigenvalue weighted by Crippen LogP contribution is -2.34. The summed E-state index contributed by atoms with van der Waals surface area (Å²) in [5, 5.41) is 10.2. The van der Waals surface area contributed by atoms with Crippen LogP contribution in [0.4, 0.5) is 10.5 Å². The lowest BCUT2D eigenvalue weighted by molar-refractivity contribution is -0.384. The van der Waals surface area contributed by atoms with Gasteiger partial charge in [0.2, 0.25) is 0 Å². The van der Waals surface area contributed by atoms with Gasteiger partial charge in [0, 0.05) is 16.7 Å². The number of carbonyl (C=O) groups excluding carboxylic acids is 3. The number of nitro benzene ring substituents is 1. The van der Waals surface area contributed by atoms with Crippen molar-refractivity contribution in [2.24, 2.45) is 0 Å². The first kappa shape index (κ1) is 18.2. The Morgan fingerprint density at radius 2 is 2.04 bits per heavy atom. The highest BCUT2D eigenvalue weighted by molar-refractivity contribution is 8.18. The molecule has 8 nitrogen and oxygen atoms in total. The van der Waals surface area contributed by atoms with Crippen molar-refractivity contribution in [1.29, 1.82) is 0 Å². The maximum atomic E-state index is 12.2. The Morgan fingerprint density at radius 1 is 1.38 bits per heavy atom. The first-order valence-corrected chi connectivity index (χ1v) is 7.77. The van der Waals surface area contributed by atoms with E-state index in [0.29, 0.717) is 16.7 Å². The fraction of sp³-hybridized carbons (Fsp3) is 0.154. The summed E-state index contributed by atoms with van der Waals surface area (Å²) in [7, 11) is 1.13. The van der Waals surface area contributed by atoms with E-state index in [9.17, 15) is 24.5 Å². The van der Waals surface area contributed by atoms with Gasteiger partial charge in [-0.3, -0.25) is 29.4 Å². The van der Waals surface area contributed by atoms with Gasteiger partial charge in [-0.15, -0.1) is 0 Å². The molecule has 24 heavy (non-hydrogen) atoms. The van der Waals surface area contributed by atoms with Gasteiger partial charge >= 0.3 is 5.97 Å². The molecule has 0 atom stereocenters. The van der Waals surface area contributed by atoms with Gasteiger partial charge in [0.25, 0.3) is 16.8 Å². The van der Waals surface area contributed by atoms with Crippen LogP contribution in [0.1, 0.15) is 5.56 Å². The Morgan fingerprint density at radius 3 is 2.62 bits per heavy atom. The molecular formula is C13H8Cl2N2O6S. The number of benzene rings is 1. The predicted octanol–water partition coefficient (Wildman–Crippen LogP) is 3.11. The predicted molar refractivity (Wildman–Crippen MR) is 87.8 cm³/mol. The van der Waals surface area contributed by atoms with Gasteiger partial charge in [0.1, 0.15) is 11.6 Å². The number of halogens is 2. The number of rotatable bonds is 4. The van der Waals surface area contributed by atoms with Crippen LogP contribution in [-0.2, 0) is 14.3 Å². The zero-order valence-electron chi connectivity index (χ0n) is 11.9. The molecule has 0 bridgehead atoms. The van der Waals surface area contributed by atoms with Crippen molar-refractivity contribution in [2.45, 2.75) is 0 Å². The minimum atomic E-state index is -0.751. The van der Waals surface area contributed by atoms with Gasteiger partial charge < -0.3 is 4.74 Å². The number of hydrogen-bond acceptors (Lipinski definition) is 7. The lowest BCUT2D eigenvalue weighted by Gasteiger charge is -2.09. The van der Waals surface area contributed by atoms with Crippen LogP contribution >= 0.6 is 35.0 Å². The van der Waals surface area contributed by atoms with Crippen LogP contribution in [-0.4, -0.2) is 40.6 Å². The van der Waals surface area contributed by atoms with Crippen LogP contribution in [0.3, 0.4) is 0 Å². The quantitative estimate of drug-likeness (QED) is 0.336. The number of ether oxygens (including phenoxy) is 1. The zero-order chi connectivity index (χ0) is 18.0. The minimum absolute atomic E-state index is 0.0255. The smallest absolute Gasteiger partial charge is 0.325 e. The van der Waals surface area contributed by atoms with Gasteiger partial charge in [-0.25, -0.2) is 0 Å². The third kappa shape index (κ3) is 3.69. The second-order valence-electron chi connectivity index (χ2n) is 4.43. The fourth-order valence-electron chi connectivity index (χ4n) is 1.78. The highest BCUT2D eigenvalue weighted by Gasteiger charge is 2.36. The molecule has 0 radical (unpaired) electrons. The number of esters is 1. The molecule has 0 spiro atoms. The van der Waals surface area contributed by atoms with E-state index in [2.05, 4.69) is 4.74 Å². The van der Waals surface area contributed by atoms with Crippen molar-refractivity contribution >= 4 is 63.8 Å². The summed E-state index contributed by atoms with van der Waals surface area (Å²) in [6, 6.07) is 2.27. The summed E-state index contributed by atoms with van der Waals surface area (Å²) >= 11 is 12.3. The lowest BCUT2D eigenvalue weighted by atomic mass is 10.2. The van der Waals surface area contributed by atoms with Crippen LogP contribution in [0.15, 0.2) is 17.0 Å². The van der Waals surface area contributed by atoms with Crippen molar-refractivity contribution < 1.29 is 24.0 Å². The molecule has 0 saturated carbocycles. The van der Waals surface area contributed by atoms with Gasteiger partial charge in [-0.2, -0.15) is 0 Å². The monoisotopic (exact) mass is 390 g/mol. The average Bonchev–Trinajstić information content (AvgIpc) is 2.77. The highest BCUT2D eigenvalue weighted by atomic mass is 35.5. The number of imide groups is 1. The second-order valence-corrected chi connectivity index (χ2v) is 6.23. The summed E-state index contributed by atoms with van der Waals surface area (Å²) in [5.74, 6) is -1.47. The Bertz CT molecular complexity index is 795. The van der Waals surface area contributed by atoms with E-state index in [4.69, 9.17) is 23.2 Å². The summed E-state index contributed by atoms with van der Waals surface area (Å²) in [6.45, 7) is -0.521. The number of amides is 2. The van der Waals surface area contributed by atoms with Crippen LogP contribution in [0.25, 0.3) is 6.08 Å². The van der Waals surface area contributed by atoms with E-state index in [1.54, 1.807) is 0 Å². The molecule has 2 rings (SSSR count). The molecule has 11 heteroatoms. The minimum Gasteiger partial charge on any atom is -0.468 e. The molecule has 2 amide bonds. The van der Waals surface area contributed by atoms with E-state index >= 15 is 0 Å². The number of hydrogen-bond donors (Lipinski definition) is 0. The van der Waals surface area contributed by atoms with E-state index in [0.717, 1.165) is 13.2 Å². The molecule has 126 valence electrons. The topological polar surface area (TPSA) is 107 Å². The number of methoxy groups -OCH3 is 1. The Kier molecular flexibility index (Phi) is 5.47. The van der Waals surface area contributed by atoms with E-state index in [1.807, 2.05) is 0 Å². The first-order chi connectivity index (χ1) is 11.2. The third-order valence-electron chi connectivity index (χ3n) is 2.94. The summed E-state index contributed by atoms with van der Waals surface area (Å²) in [5.41, 5.74) is -0.238. The number of carbonyl (C=O) groups is 3. The van der Waals surface area contributed by atoms with Crippen LogP contribution in [0, 0.1) is 10.1 Å². The van der Waals surface area contributed by atoms with E-state index < -0.39 is 28.6 Å². The molecule has 1 aliphatic rings. The second kappa shape index (κ2) is 7.20. The van der Waals surface area contributed by atoms with Crippen LogP contribution in [0.2, 0.25) is 10.0 Å². The van der Waals surface area contributed by atoms with Gasteiger partial charge in [-0.05, 0) is 23.9 Å². The molecule has 0 N–H and O–H groups in total. The van der Waals surface area contributed by atoms with Crippen molar-refractivity contribution in [3.8, 4) is 0 Å². The Balaban J connectivity index is 2.37. The SMILES string of the molecule is COC(=O)CN1C(=O)S/C(=C\c2cc([N+](=O)[O-])c(Cl)cc2Cl)C1=O. The number of nitro groups is 1. The maximum absolute atomic E-state index is 12.2. The molecule has 1 aromatic rings. The molecule has 1 heterocycles. The first-order valence-electron chi connectivity index (χ1n) is 6.20. The fourth-order valence-corrected chi connectivity index (χ4v) is 3.11. The molecule has 1 fully saturated rings. The summed E-state index contributed by atoms with van der Waals surface area (Å²) in [4.78, 5) is 46.1. The van der Waals surface area contributed by atoms with Gasteiger partial charge in [0.05, 0.1) is 16.9 Å². The van der Waals surface area contributed by atoms with E-state index in [-0.39, 0.29) is 26.2 Å². The summed E-state index contributed by atoms with van der Waals surface area (Å²) < 4.78 is 4.41. The van der Waals surface area contributed by atoms with Crippen molar-refractivity contribution in [3.63, 3.8) is 0 Å². The number of thioether (sulfide) groups is 1. The van der Waals surface area contributed by atoms with Crippen molar-refractivity contribution in [3.05, 3.63) is 42.8 Å². The van der Waals surface area contributed by atoms with Gasteiger partial charge in [0.15, 0.2) is 0 Å². The molecule has 1 saturated heterocycles. The normalized spacial score (nSPS) is 16.0. The molecule has 1 aliphatic heterocycles. The molecule has 0 aromatic heterocycles. The summed E-state index contributed by atoms with van der Waals surface area (Å²) in [6.07, 6.45) is 1.23. The van der Waals surface area contributed by atoms with E-state index in [1.165, 1.54) is 12.1 Å². The molecule has 1 aromatic carbocycles. The van der Waals surface area contributed by atoms with Crippen molar-refractivity contribution in [1.82, 2.24) is 4.90 Å². The Hall–Kier alpha value is -2.10.